The van der Waals surface area contributed by atoms with E-state index in [1.54, 1.807) is 10.8 Å². The van der Waals surface area contributed by atoms with Crippen LogP contribution in [0, 0.1) is 11.7 Å². The van der Waals surface area contributed by atoms with Gasteiger partial charge in [-0.2, -0.15) is 0 Å². The van der Waals surface area contributed by atoms with Gasteiger partial charge in [0, 0.05) is 37.0 Å². The second kappa shape index (κ2) is 6.34. The number of carbonyl (C=O) groups is 1. The number of hydrogen-bond donors (Lipinski definition) is 1. The predicted molar refractivity (Wildman–Crippen MR) is 82.0 cm³/mol. The summed E-state index contributed by atoms with van der Waals surface area (Å²) < 4.78 is 20.1. The third-order valence-corrected chi connectivity index (χ3v) is 3.96. The maximum Gasteiger partial charge on any atom is 0.341 e. The molecule has 0 aliphatic carbocycles. The van der Waals surface area contributed by atoms with E-state index in [1.165, 1.54) is 30.5 Å². The van der Waals surface area contributed by atoms with E-state index < -0.39 is 17.2 Å². The topological polar surface area (TPSA) is 68.5 Å². The highest BCUT2D eigenvalue weighted by Gasteiger charge is 2.19. The summed E-state index contributed by atoms with van der Waals surface area (Å²) >= 11 is 0. The molecule has 1 atom stereocenters. The van der Waals surface area contributed by atoms with Gasteiger partial charge in [0.1, 0.15) is 11.4 Å². The summed E-state index contributed by atoms with van der Waals surface area (Å²) in [5.74, 6) is -1.39. The maximum absolute atomic E-state index is 13.1. The molecular formula is C17H16FNO4. The van der Waals surface area contributed by atoms with Gasteiger partial charge in [-0.3, -0.25) is 4.79 Å². The van der Waals surface area contributed by atoms with Crippen molar-refractivity contribution >= 4 is 5.97 Å². The normalized spacial score (nSPS) is 17.3. The third-order valence-electron chi connectivity index (χ3n) is 3.96. The molecule has 0 saturated carbocycles. The highest BCUT2D eigenvalue weighted by atomic mass is 19.1. The molecule has 0 radical (unpaired) electrons. The quantitative estimate of drug-likeness (QED) is 0.940. The van der Waals surface area contributed by atoms with E-state index in [9.17, 15) is 19.1 Å². The van der Waals surface area contributed by atoms with Crippen LogP contribution in [0.15, 0.2) is 41.5 Å². The van der Waals surface area contributed by atoms with Gasteiger partial charge in [0.05, 0.1) is 6.61 Å². The lowest BCUT2D eigenvalue weighted by atomic mass is 10.0. The Morgan fingerprint density at radius 2 is 2.04 bits per heavy atom. The number of aromatic nitrogens is 1. The van der Waals surface area contributed by atoms with Gasteiger partial charge in [0.15, 0.2) is 0 Å². The molecule has 5 nitrogen and oxygen atoms in total. The minimum Gasteiger partial charge on any atom is -0.477 e. The maximum atomic E-state index is 13.1. The highest BCUT2D eigenvalue weighted by Crippen LogP contribution is 2.19. The molecule has 1 saturated heterocycles. The van der Waals surface area contributed by atoms with Gasteiger partial charge in [-0.1, -0.05) is 12.1 Å². The summed E-state index contributed by atoms with van der Waals surface area (Å²) in [4.78, 5) is 23.7. The minimum absolute atomic E-state index is 0.254. The van der Waals surface area contributed by atoms with E-state index in [0.29, 0.717) is 31.2 Å². The summed E-state index contributed by atoms with van der Waals surface area (Å²) in [5, 5.41) is 9.27. The first-order chi connectivity index (χ1) is 11.0. The van der Waals surface area contributed by atoms with Gasteiger partial charge >= 0.3 is 5.97 Å². The van der Waals surface area contributed by atoms with Crippen molar-refractivity contribution in [2.75, 3.05) is 13.2 Å². The molecule has 23 heavy (non-hydrogen) atoms. The van der Waals surface area contributed by atoms with Gasteiger partial charge in [-0.25, -0.2) is 9.18 Å². The number of ether oxygens (including phenoxy) is 1. The van der Waals surface area contributed by atoms with E-state index in [1.807, 2.05) is 0 Å². The van der Waals surface area contributed by atoms with Crippen LogP contribution in [0.5, 0.6) is 0 Å². The fourth-order valence-corrected chi connectivity index (χ4v) is 2.75. The lowest BCUT2D eigenvalue weighted by Crippen LogP contribution is -2.21. The van der Waals surface area contributed by atoms with E-state index in [0.717, 1.165) is 6.42 Å². The third kappa shape index (κ3) is 3.32. The number of halogens is 1. The number of hydrogen-bond acceptors (Lipinski definition) is 3. The van der Waals surface area contributed by atoms with E-state index in [-0.39, 0.29) is 11.1 Å². The predicted octanol–water partition coefficient (Wildman–Crippen LogP) is 2.39. The van der Waals surface area contributed by atoms with Gasteiger partial charge in [0.25, 0.3) is 0 Å². The fourth-order valence-electron chi connectivity index (χ4n) is 2.75. The van der Waals surface area contributed by atoms with Crippen LogP contribution in [0.2, 0.25) is 0 Å². The van der Waals surface area contributed by atoms with Crippen LogP contribution in [0.3, 0.4) is 0 Å². The molecule has 0 bridgehead atoms. The number of rotatable bonds is 4. The molecule has 0 amide bonds. The Labute approximate surface area is 131 Å². The summed E-state index contributed by atoms with van der Waals surface area (Å²) in [7, 11) is 0. The minimum atomic E-state index is -1.27. The van der Waals surface area contributed by atoms with E-state index >= 15 is 0 Å². The Hall–Kier alpha value is -2.47. The Kier molecular flexibility index (Phi) is 4.25. The molecule has 1 aliphatic heterocycles. The zero-order valence-electron chi connectivity index (χ0n) is 12.4. The molecule has 3 rings (SSSR count). The van der Waals surface area contributed by atoms with Crippen molar-refractivity contribution in [1.82, 2.24) is 4.57 Å². The average molecular weight is 317 g/mol. The lowest BCUT2D eigenvalue weighted by Gasteiger charge is -2.14. The molecule has 1 fully saturated rings. The molecule has 0 spiro atoms. The zero-order chi connectivity index (χ0) is 16.4. The SMILES string of the molecule is O=C(O)c1cn(CC2CCOC2)cc(-c2ccc(F)cc2)c1=O. The summed E-state index contributed by atoms with van der Waals surface area (Å²) in [5.41, 5.74) is -0.103. The van der Waals surface area contributed by atoms with Crippen LogP contribution in [0.25, 0.3) is 11.1 Å². The van der Waals surface area contributed by atoms with Crippen molar-refractivity contribution in [1.29, 1.82) is 0 Å². The summed E-state index contributed by atoms with van der Waals surface area (Å²) in [6.07, 6.45) is 3.89. The van der Waals surface area contributed by atoms with Gasteiger partial charge < -0.3 is 14.4 Å². The molecular weight excluding hydrogens is 301 g/mol. The number of nitrogens with zero attached hydrogens (tertiary/aromatic N) is 1. The average Bonchev–Trinajstić information content (AvgIpc) is 3.02. The second-order valence-corrected chi connectivity index (χ2v) is 5.65. The molecule has 2 heterocycles. The van der Waals surface area contributed by atoms with Crippen molar-refractivity contribution in [2.24, 2.45) is 5.92 Å². The number of pyridine rings is 1. The smallest absolute Gasteiger partial charge is 0.341 e. The van der Waals surface area contributed by atoms with E-state index in [4.69, 9.17) is 4.74 Å². The molecule has 2 aromatic rings. The number of carboxylic acid groups (broad SMARTS) is 1. The largest absolute Gasteiger partial charge is 0.477 e. The standard InChI is InChI=1S/C17H16FNO4/c18-13-3-1-12(2-4-13)14-8-19(7-11-5-6-23-10-11)9-15(16(14)20)17(21)22/h1-4,8-9,11H,5-7,10H2,(H,21,22). The van der Waals surface area contributed by atoms with Crippen LogP contribution in [0.1, 0.15) is 16.8 Å². The Morgan fingerprint density at radius 3 is 2.65 bits per heavy atom. The van der Waals surface area contributed by atoms with Crippen LogP contribution >= 0.6 is 0 Å². The Morgan fingerprint density at radius 1 is 1.30 bits per heavy atom. The van der Waals surface area contributed by atoms with Crippen molar-refractivity contribution in [3.63, 3.8) is 0 Å². The molecule has 1 aromatic heterocycles. The summed E-state index contributed by atoms with van der Waals surface area (Å²) in [6.45, 7) is 1.90. The molecule has 1 N–H and O–H groups in total. The van der Waals surface area contributed by atoms with Gasteiger partial charge in [-0.15, -0.1) is 0 Å². The number of carboxylic acids is 1. The van der Waals surface area contributed by atoms with Crippen LogP contribution < -0.4 is 5.43 Å². The van der Waals surface area contributed by atoms with Crippen molar-refractivity contribution in [3.8, 4) is 11.1 Å². The van der Waals surface area contributed by atoms with Crippen molar-refractivity contribution < 1.29 is 19.0 Å². The first-order valence-electron chi connectivity index (χ1n) is 7.35. The van der Waals surface area contributed by atoms with Crippen LogP contribution in [0.4, 0.5) is 4.39 Å². The monoisotopic (exact) mass is 317 g/mol. The first kappa shape index (κ1) is 15.4. The molecule has 6 heteroatoms. The molecule has 120 valence electrons. The Bertz CT molecular complexity index is 776. The summed E-state index contributed by atoms with van der Waals surface area (Å²) in [6, 6.07) is 5.44. The highest BCUT2D eigenvalue weighted by molar-refractivity contribution is 5.88. The van der Waals surface area contributed by atoms with E-state index in [2.05, 4.69) is 0 Å². The van der Waals surface area contributed by atoms with Crippen molar-refractivity contribution in [2.45, 2.75) is 13.0 Å². The van der Waals surface area contributed by atoms with Gasteiger partial charge in [0.2, 0.25) is 5.43 Å². The molecule has 1 unspecified atom stereocenters. The van der Waals surface area contributed by atoms with Crippen LogP contribution in [-0.2, 0) is 11.3 Å². The first-order valence-corrected chi connectivity index (χ1v) is 7.35. The molecule has 1 aliphatic rings. The van der Waals surface area contributed by atoms with Gasteiger partial charge in [-0.05, 0) is 24.1 Å². The van der Waals surface area contributed by atoms with Crippen molar-refractivity contribution in [3.05, 3.63) is 58.3 Å². The van der Waals surface area contributed by atoms with Crippen LogP contribution in [-0.4, -0.2) is 28.9 Å². The lowest BCUT2D eigenvalue weighted by molar-refractivity contribution is 0.0694. The second-order valence-electron chi connectivity index (χ2n) is 5.65. The fraction of sp³-hybridized carbons (Fsp3) is 0.294. The number of aromatic carboxylic acids is 1. The molecule has 1 aromatic carbocycles. The zero-order valence-corrected chi connectivity index (χ0v) is 12.4. The Balaban J connectivity index is 2.05. The number of benzene rings is 1.